The summed E-state index contributed by atoms with van der Waals surface area (Å²) in [5.74, 6) is 0. The molecule has 0 aromatic rings. The van der Waals surface area contributed by atoms with Gasteiger partial charge >= 0.3 is 38.2 Å². The Bertz CT molecular complexity index is 45.6. The van der Waals surface area contributed by atoms with Gasteiger partial charge in [-0.2, -0.15) is 0 Å². The molecule has 0 aromatic carbocycles. The van der Waals surface area contributed by atoms with Crippen molar-refractivity contribution >= 4 is 3.76 Å². The van der Waals surface area contributed by atoms with E-state index in [0.717, 1.165) is 3.76 Å². The molecule has 5 heavy (non-hydrogen) atoms. The predicted molar refractivity (Wildman–Crippen MR) is 14.0 cm³/mol. The molecular weight excluding hydrogens is 241 g/mol. The molecule has 0 nitrogen and oxygen atoms in total. The molecule has 0 saturated carbocycles. The molecule has 0 bridgehead atoms. The second kappa shape index (κ2) is 2.82. The Kier molecular flexibility index (Phi) is 3.16. The van der Waals surface area contributed by atoms with E-state index in [1.807, 2.05) is 0 Å². The summed E-state index contributed by atoms with van der Waals surface area (Å²) in [7, 11) is 0. The van der Waals surface area contributed by atoms with Crippen molar-refractivity contribution in [2.24, 2.45) is 0 Å². The first-order valence-electron chi connectivity index (χ1n) is 1.24. The van der Waals surface area contributed by atoms with Gasteiger partial charge in [-0.1, -0.05) is 0 Å². The molecule has 0 aliphatic carbocycles. The average molecular weight is 245 g/mol. The monoisotopic (exact) mass is 246 g/mol. The number of hydrogen-bond acceptors (Lipinski definition) is 0. The van der Waals surface area contributed by atoms with Crippen LogP contribution in [0, 0.1) is 0 Å². The second-order valence-corrected chi connectivity index (χ2v) is 4.73. The minimum atomic E-state index is -3.83. The molecule has 0 rings (SSSR count). The molecule has 0 aromatic heterocycles. The first kappa shape index (κ1) is 5.60. The van der Waals surface area contributed by atoms with Crippen molar-refractivity contribution in [2.45, 2.75) is 6.92 Å². The van der Waals surface area contributed by atoms with Crippen molar-refractivity contribution in [2.75, 3.05) is 0 Å². The van der Waals surface area contributed by atoms with Gasteiger partial charge in [0.15, 0.2) is 0 Å². The second-order valence-electron chi connectivity index (χ2n) is 0.578. The van der Waals surface area contributed by atoms with Crippen LogP contribution < -0.4 is 0 Å². The fourth-order valence-corrected chi connectivity index (χ4v) is 0. The Hall–Kier alpha value is 0.600. The zero-order valence-corrected chi connectivity index (χ0v) is 6.43. The van der Waals surface area contributed by atoms with Crippen molar-refractivity contribution in [3.8, 4) is 0 Å². The van der Waals surface area contributed by atoms with Crippen LogP contribution in [-0.2, 0) is 22.2 Å². The number of halogens is 2. The molecule has 0 atom stereocenters. The normalized spacial score (nSPS) is 7.00. The molecule has 0 aliphatic rings. The number of rotatable bonds is 0. The van der Waals surface area contributed by atoms with Gasteiger partial charge in [-0.15, -0.1) is 0 Å². The summed E-state index contributed by atoms with van der Waals surface area (Å²) >= 11 is -3.83. The molecule has 0 saturated heterocycles. The van der Waals surface area contributed by atoms with E-state index < -0.39 is 22.2 Å². The average Bonchev–Trinajstić information content (AvgIpc) is 1.38. The van der Waals surface area contributed by atoms with Crippen LogP contribution in [0.2, 0.25) is 0 Å². The van der Waals surface area contributed by atoms with Gasteiger partial charge in [-0.25, -0.2) is 0 Å². The minimum absolute atomic E-state index is 1.05. The molecule has 0 heterocycles. The molecule has 0 spiro atoms. The van der Waals surface area contributed by atoms with Crippen LogP contribution in [0.1, 0.15) is 6.92 Å². The van der Waals surface area contributed by atoms with Crippen LogP contribution >= 0.6 is 0 Å². The molecule has 0 fully saturated rings. The van der Waals surface area contributed by atoms with Crippen molar-refractivity contribution < 1.29 is 27.5 Å². The molecule has 0 radical (unpaired) electrons. The van der Waals surface area contributed by atoms with Crippen molar-refractivity contribution in [3.05, 3.63) is 0 Å². The van der Waals surface area contributed by atoms with Crippen molar-refractivity contribution in [3.63, 3.8) is 0 Å². The number of hydrogen-bond donors (Lipinski definition) is 0. The van der Waals surface area contributed by atoms with E-state index in [-0.39, 0.29) is 0 Å². The van der Waals surface area contributed by atoms with Crippen molar-refractivity contribution in [1.29, 1.82) is 0 Å². The molecule has 3 heteroatoms. The third-order valence-electron chi connectivity index (χ3n) is 0.218. The van der Waals surface area contributed by atoms with E-state index in [1.165, 1.54) is 6.92 Å². The Morgan fingerprint density at radius 1 is 1.60 bits per heavy atom. The standard InChI is InChI=1S/C2H4.2FH.Hf/c1-2;;;/h1H,2H3;2*1H;/q;;;+2/p-2. The topological polar surface area (TPSA) is 0 Å². The molecule has 0 N–H and O–H groups in total. The zero-order chi connectivity index (χ0) is 4.28. The predicted octanol–water partition coefficient (Wildman–Crippen LogP) is 1.20. The summed E-state index contributed by atoms with van der Waals surface area (Å²) in [5, 5.41) is 0. The van der Waals surface area contributed by atoms with Gasteiger partial charge < -0.3 is 0 Å². The first-order chi connectivity index (χ1) is 2.27. The fraction of sp³-hybridized carbons (Fsp3) is 0.500. The zero-order valence-electron chi connectivity index (χ0n) is 2.83. The van der Waals surface area contributed by atoms with Gasteiger partial charge in [0, 0.05) is 0 Å². The third kappa shape index (κ3) is 4.60. The summed E-state index contributed by atoms with van der Waals surface area (Å²) < 4.78 is 22.9. The Morgan fingerprint density at radius 3 is 1.80 bits per heavy atom. The summed E-state index contributed by atoms with van der Waals surface area (Å²) in [5.41, 5.74) is 0. The molecular formula is C2H4F2Hf. The van der Waals surface area contributed by atoms with Crippen LogP contribution in [0.25, 0.3) is 0 Å². The Morgan fingerprint density at radius 2 is 1.80 bits per heavy atom. The van der Waals surface area contributed by atoms with E-state index in [4.69, 9.17) is 0 Å². The molecule has 0 aliphatic heterocycles. The maximum absolute atomic E-state index is 10.9. The van der Waals surface area contributed by atoms with Gasteiger partial charge in [0.2, 0.25) is 0 Å². The molecule has 0 unspecified atom stereocenters. The summed E-state index contributed by atoms with van der Waals surface area (Å²) in [4.78, 5) is 0. The molecule has 30 valence electrons. The van der Waals surface area contributed by atoms with E-state index in [0.29, 0.717) is 0 Å². The third-order valence-corrected chi connectivity index (χ3v) is 1.79. The SMILES string of the molecule is C[CH]=[Hf]([F])[F]. The summed E-state index contributed by atoms with van der Waals surface area (Å²) in [6, 6.07) is 0. The van der Waals surface area contributed by atoms with E-state index in [2.05, 4.69) is 0 Å². The summed E-state index contributed by atoms with van der Waals surface area (Å²) in [6.45, 7) is 1.42. The summed E-state index contributed by atoms with van der Waals surface area (Å²) in [6.07, 6.45) is 0. The van der Waals surface area contributed by atoms with Crippen LogP contribution in [0.5, 0.6) is 0 Å². The maximum atomic E-state index is 10.9. The fourth-order valence-electron chi connectivity index (χ4n) is 0. The van der Waals surface area contributed by atoms with Gasteiger partial charge in [-0.05, 0) is 0 Å². The van der Waals surface area contributed by atoms with Gasteiger partial charge in [0.05, 0.1) is 0 Å². The Balaban J connectivity index is 3.14. The van der Waals surface area contributed by atoms with Crippen molar-refractivity contribution in [1.82, 2.24) is 0 Å². The molecule has 0 amide bonds. The van der Waals surface area contributed by atoms with Crippen LogP contribution in [0.4, 0.5) is 5.33 Å². The quantitative estimate of drug-likeness (QED) is 0.562. The Labute approximate surface area is 38.5 Å². The van der Waals surface area contributed by atoms with Crippen LogP contribution in [0.15, 0.2) is 0 Å². The van der Waals surface area contributed by atoms with E-state index >= 15 is 0 Å². The van der Waals surface area contributed by atoms with Crippen LogP contribution in [0.3, 0.4) is 0 Å². The van der Waals surface area contributed by atoms with E-state index in [9.17, 15) is 5.33 Å². The van der Waals surface area contributed by atoms with Gasteiger partial charge in [-0.3, -0.25) is 0 Å². The van der Waals surface area contributed by atoms with Gasteiger partial charge in [0.25, 0.3) is 0 Å². The van der Waals surface area contributed by atoms with Gasteiger partial charge in [0.1, 0.15) is 0 Å². The van der Waals surface area contributed by atoms with E-state index in [1.54, 1.807) is 0 Å². The first-order valence-corrected chi connectivity index (χ1v) is 6.03. The van der Waals surface area contributed by atoms with Crippen LogP contribution in [-0.4, -0.2) is 3.76 Å².